The fraction of sp³-hybridized carbons (Fsp3) is 0.450. The van der Waals surface area contributed by atoms with Crippen molar-refractivity contribution < 1.29 is 24.5 Å². The van der Waals surface area contributed by atoms with Crippen LogP contribution in [0.5, 0.6) is 0 Å². The third-order valence-corrected chi connectivity index (χ3v) is 4.25. The molecule has 2 N–H and O–H groups in total. The van der Waals surface area contributed by atoms with Crippen molar-refractivity contribution in [3.63, 3.8) is 0 Å². The van der Waals surface area contributed by atoms with Gasteiger partial charge in [-0.05, 0) is 36.5 Å². The third kappa shape index (κ3) is 5.81. The number of aliphatic hydroxyl groups excluding tert-OH is 2. The van der Waals surface area contributed by atoms with E-state index in [4.69, 9.17) is 4.74 Å². The van der Waals surface area contributed by atoms with Crippen LogP contribution in [0.3, 0.4) is 0 Å². The Labute approximate surface area is 148 Å². The van der Waals surface area contributed by atoms with Gasteiger partial charge in [0.05, 0.1) is 32.0 Å². The first-order valence-corrected chi connectivity index (χ1v) is 8.50. The number of ether oxygens (including phenoxy) is 2. The van der Waals surface area contributed by atoms with Gasteiger partial charge in [-0.15, -0.1) is 0 Å². The summed E-state index contributed by atoms with van der Waals surface area (Å²) in [5.74, 6) is -0.388. The summed E-state index contributed by atoms with van der Waals surface area (Å²) < 4.78 is 10.5. The molecule has 3 atom stereocenters. The van der Waals surface area contributed by atoms with E-state index in [1.54, 1.807) is 12.2 Å². The van der Waals surface area contributed by atoms with Crippen molar-refractivity contribution in [3.8, 4) is 0 Å². The molecule has 3 unspecified atom stereocenters. The second-order valence-corrected chi connectivity index (χ2v) is 6.27. The number of rotatable bonds is 6. The molecule has 0 spiro atoms. The van der Waals surface area contributed by atoms with Gasteiger partial charge in [0.1, 0.15) is 0 Å². The molecule has 2 rings (SSSR count). The zero-order valence-electron chi connectivity index (χ0n) is 14.7. The summed E-state index contributed by atoms with van der Waals surface area (Å²) in [5.41, 5.74) is 2.83. The third-order valence-electron chi connectivity index (χ3n) is 4.25. The Morgan fingerprint density at radius 3 is 2.84 bits per heavy atom. The predicted molar refractivity (Wildman–Crippen MR) is 94.9 cm³/mol. The second kappa shape index (κ2) is 9.51. The van der Waals surface area contributed by atoms with Gasteiger partial charge in [-0.2, -0.15) is 0 Å². The fourth-order valence-corrected chi connectivity index (χ4v) is 3.02. The zero-order valence-corrected chi connectivity index (χ0v) is 14.7. The van der Waals surface area contributed by atoms with E-state index in [2.05, 4.69) is 4.74 Å². The number of allylic oxidation sites excluding steroid dienone is 3. The number of methoxy groups -OCH3 is 1. The van der Waals surface area contributed by atoms with Crippen molar-refractivity contribution in [3.05, 3.63) is 59.2 Å². The van der Waals surface area contributed by atoms with Crippen molar-refractivity contribution in [2.24, 2.45) is 0 Å². The van der Waals surface area contributed by atoms with Crippen molar-refractivity contribution >= 4 is 5.97 Å². The number of hydrogen-bond donors (Lipinski definition) is 2. The molecule has 136 valence electrons. The van der Waals surface area contributed by atoms with Crippen LogP contribution < -0.4 is 0 Å². The number of carbonyl (C=O) groups is 1. The van der Waals surface area contributed by atoms with Crippen LogP contribution in [0.25, 0.3) is 0 Å². The molecule has 0 saturated carbocycles. The highest BCUT2D eigenvalue weighted by molar-refractivity contribution is 5.82. The molecule has 0 aromatic heterocycles. The van der Waals surface area contributed by atoms with E-state index in [-0.39, 0.29) is 30.9 Å². The van der Waals surface area contributed by atoms with E-state index in [0.29, 0.717) is 19.3 Å². The van der Waals surface area contributed by atoms with Gasteiger partial charge in [-0.1, -0.05) is 36.4 Å². The molecule has 1 aliphatic rings. The lowest BCUT2D eigenvalue weighted by Gasteiger charge is -2.32. The highest BCUT2D eigenvalue weighted by Gasteiger charge is 2.28. The standard InChI is InChI=1S/C20H26O5/c1-14-10-17(22)12-19(25-14)18-11-15(8-9-16(18)13-21)6-4-3-5-7-20(23)24-2/h3-5,7-9,11,14,17,19,21-22H,6,10,12-13H2,1-2H3/b4-3+,7-5+. The van der Waals surface area contributed by atoms with Crippen LogP contribution in [0.1, 0.15) is 42.6 Å². The average molecular weight is 346 g/mol. The molecule has 5 nitrogen and oxygen atoms in total. The highest BCUT2D eigenvalue weighted by atomic mass is 16.5. The molecule has 1 aliphatic heterocycles. The molecule has 1 heterocycles. The van der Waals surface area contributed by atoms with Gasteiger partial charge in [0, 0.05) is 12.5 Å². The summed E-state index contributed by atoms with van der Waals surface area (Å²) in [6.45, 7) is 1.89. The number of benzene rings is 1. The molecular formula is C20H26O5. The Bertz CT molecular complexity index is 625. The van der Waals surface area contributed by atoms with E-state index in [1.807, 2.05) is 31.2 Å². The van der Waals surface area contributed by atoms with Crippen molar-refractivity contribution in [2.45, 2.75) is 51.1 Å². The summed E-state index contributed by atoms with van der Waals surface area (Å²) in [5, 5.41) is 19.6. The first kappa shape index (κ1) is 19.4. The molecule has 0 aliphatic carbocycles. The molecule has 1 fully saturated rings. The lowest BCUT2D eigenvalue weighted by molar-refractivity contribution is -0.134. The van der Waals surface area contributed by atoms with Crippen LogP contribution >= 0.6 is 0 Å². The van der Waals surface area contributed by atoms with Crippen molar-refractivity contribution in [1.29, 1.82) is 0 Å². The summed E-state index contributed by atoms with van der Waals surface area (Å²) in [7, 11) is 1.34. The quantitative estimate of drug-likeness (QED) is 0.470. The van der Waals surface area contributed by atoms with Crippen LogP contribution in [-0.4, -0.2) is 35.5 Å². The smallest absolute Gasteiger partial charge is 0.330 e. The fourth-order valence-electron chi connectivity index (χ4n) is 3.02. The molecule has 25 heavy (non-hydrogen) atoms. The minimum Gasteiger partial charge on any atom is -0.466 e. The van der Waals surface area contributed by atoms with Gasteiger partial charge >= 0.3 is 5.97 Å². The Hall–Kier alpha value is -1.95. The van der Waals surface area contributed by atoms with Crippen molar-refractivity contribution in [2.75, 3.05) is 7.11 Å². The van der Waals surface area contributed by atoms with E-state index in [0.717, 1.165) is 16.7 Å². The number of esters is 1. The largest absolute Gasteiger partial charge is 0.466 e. The van der Waals surface area contributed by atoms with Crippen molar-refractivity contribution in [1.82, 2.24) is 0 Å². The maximum Gasteiger partial charge on any atom is 0.330 e. The van der Waals surface area contributed by atoms with Gasteiger partial charge in [-0.25, -0.2) is 4.79 Å². The predicted octanol–water partition coefficient (Wildman–Crippen LogP) is 2.61. The van der Waals surface area contributed by atoms with Crippen LogP contribution in [0.4, 0.5) is 0 Å². The van der Waals surface area contributed by atoms with E-state index < -0.39 is 0 Å². The summed E-state index contributed by atoms with van der Waals surface area (Å²) in [6.07, 6.45) is 8.00. The molecular weight excluding hydrogens is 320 g/mol. The number of carbonyl (C=O) groups excluding carboxylic acids is 1. The normalized spacial score (nSPS) is 24.1. The lowest BCUT2D eigenvalue weighted by Crippen LogP contribution is -2.29. The molecule has 0 radical (unpaired) electrons. The van der Waals surface area contributed by atoms with Gasteiger partial charge in [0.2, 0.25) is 0 Å². The van der Waals surface area contributed by atoms with E-state index in [1.165, 1.54) is 13.2 Å². The maximum atomic E-state index is 11.0. The molecule has 0 amide bonds. The summed E-state index contributed by atoms with van der Waals surface area (Å²) >= 11 is 0. The van der Waals surface area contributed by atoms with E-state index in [9.17, 15) is 15.0 Å². The number of hydrogen-bond acceptors (Lipinski definition) is 5. The Kier molecular flexibility index (Phi) is 7.37. The minimum atomic E-state index is -0.388. The van der Waals surface area contributed by atoms with E-state index >= 15 is 0 Å². The molecule has 5 heteroatoms. The molecule has 1 aromatic rings. The Morgan fingerprint density at radius 1 is 1.36 bits per heavy atom. The van der Waals surface area contributed by atoms with Crippen LogP contribution in [-0.2, 0) is 27.3 Å². The Balaban J connectivity index is 2.10. The zero-order chi connectivity index (χ0) is 18.2. The van der Waals surface area contributed by atoms with Gasteiger partial charge < -0.3 is 19.7 Å². The molecule has 1 aromatic carbocycles. The van der Waals surface area contributed by atoms with Crippen LogP contribution in [0.15, 0.2) is 42.5 Å². The summed E-state index contributed by atoms with van der Waals surface area (Å²) in [6, 6.07) is 5.89. The van der Waals surface area contributed by atoms with Gasteiger partial charge in [0.15, 0.2) is 0 Å². The number of aliphatic hydroxyl groups is 2. The SMILES string of the molecule is COC(=O)/C=C/C=C/Cc1ccc(CO)c(C2CC(O)CC(C)O2)c1. The maximum absolute atomic E-state index is 11.0. The average Bonchev–Trinajstić information content (AvgIpc) is 2.60. The molecule has 1 saturated heterocycles. The molecule has 0 bridgehead atoms. The topological polar surface area (TPSA) is 76.0 Å². The van der Waals surface area contributed by atoms with Gasteiger partial charge in [-0.3, -0.25) is 0 Å². The minimum absolute atomic E-state index is 0.00713. The summed E-state index contributed by atoms with van der Waals surface area (Å²) in [4.78, 5) is 11.0. The second-order valence-electron chi connectivity index (χ2n) is 6.27. The first-order valence-electron chi connectivity index (χ1n) is 8.50. The van der Waals surface area contributed by atoms with Crippen LogP contribution in [0.2, 0.25) is 0 Å². The monoisotopic (exact) mass is 346 g/mol. The Morgan fingerprint density at radius 2 is 2.16 bits per heavy atom. The van der Waals surface area contributed by atoms with Gasteiger partial charge in [0.25, 0.3) is 0 Å². The first-order chi connectivity index (χ1) is 12.0. The lowest BCUT2D eigenvalue weighted by atomic mass is 9.92. The van der Waals surface area contributed by atoms with Crippen LogP contribution in [0, 0.1) is 0 Å². The highest BCUT2D eigenvalue weighted by Crippen LogP contribution is 2.34.